The number of terminal acetylenes is 1. The Labute approximate surface area is 99.7 Å². The third kappa shape index (κ3) is 2.41. The molecule has 0 saturated heterocycles. The Bertz CT molecular complexity index is 426. The average Bonchev–Trinajstić information content (AvgIpc) is 2.73. The number of nitrogens with one attached hydrogen (secondary N) is 1. The van der Waals surface area contributed by atoms with Crippen molar-refractivity contribution in [2.75, 3.05) is 13.3 Å². The molecular weight excluding hydrogens is 226 g/mol. The van der Waals surface area contributed by atoms with Gasteiger partial charge in [0, 0.05) is 19.5 Å². The molecule has 0 radical (unpaired) electrons. The first-order valence-electron chi connectivity index (χ1n) is 5.03. The maximum absolute atomic E-state index is 6.05. The van der Waals surface area contributed by atoms with Gasteiger partial charge >= 0.3 is 0 Å². The molecule has 0 unspecified atom stereocenters. The van der Waals surface area contributed by atoms with Crippen LogP contribution in [0.1, 0.15) is 12.0 Å². The molecule has 1 N–H and O–H groups in total. The van der Waals surface area contributed by atoms with E-state index in [1.807, 2.05) is 12.1 Å². The molecule has 0 spiro atoms. The Balaban J connectivity index is 2.01. The summed E-state index contributed by atoms with van der Waals surface area (Å²) in [7, 11) is 0. The second-order valence-corrected chi connectivity index (χ2v) is 3.85. The lowest BCUT2D eigenvalue weighted by atomic mass is 10.2. The van der Waals surface area contributed by atoms with Crippen molar-refractivity contribution in [2.24, 2.45) is 0 Å². The van der Waals surface area contributed by atoms with Crippen molar-refractivity contribution in [1.29, 1.82) is 0 Å². The average molecular weight is 238 g/mol. The third-order valence-corrected chi connectivity index (χ3v) is 2.54. The van der Waals surface area contributed by atoms with Gasteiger partial charge in [0.25, 0.3) is 0 Å². The fourth-order valence-corrected chi connectivity index (χ4v) is 1.80. The van der Waals surface area contributed by atoms with Crippen molar-refractivity contribution in [2.45, 2.75) is 13.0 Å². The van der Waals surface area contributed by atoms with E-state index >= 15 is 0 Å². The highest BCUT2D eigenvalue weighted by atomic mass is 35.5. The highest BCUT2D eigenvalue weighted by Gasteiger charge is 2.17. The Morgan fingerprint density at radius 2 is 2.31 bits per heavy atom. The van der Waals surface area contributed by atoms with E-state index in [1.54, 1.807) is 0 Å². The molecule has 4 heteroatoms. The smallest absolute Gasteiger partial charge is 0.231 e. The molecule has 2 rings (SSSR count). The van der Waals surface area contributed by atoms with Gasteiger partial charge in [0.05, 0.1) is 5.02 Å². The number of hydrogen-bond donors (Lipinski definition) is 1. The summed E-state index contributed by atoms with van der Waals surface area (Å²) < 4.78 is 10.5. The summed E-state index contributed by atoms with van der Waals surface area (Å²) in [5.41, 5.74) is 1.06. The maximum Gasteiger partial charge on any atom is 0.231 e. The van der Waals surface area contributed by atoms with E-state index in [2.05, 4.69) is 11.2 Å². The Morgan fingerprint density at radius 3 is 3.12 bits per heavy atom. The van der Waals surface area contributed by atoms with E-state index in [4.69, 9.17) is 27.5 Å². The molecule has 3 nitrogen and oxygen atoms in total. The maximum atomic E-state index is 6.05. The topological polar surface area (TPSA) is 30.5 Å². The number of hydrogen-bond acceptors (Lipinski definition) is 3. The van der Waals surface area contributed by atoms with Crippen molar-refractivity contribution >= 4 is 11.6 Å². The van der Waals surface area contributed by atoms with Gasteiger partial charge in [0.15, 0.2) is 11.5 Å². The van der Waals surface area contributed by atoms with Crippen molar-refractivity contribution < 1.29 is 9.47 Å². The van der Waals surface area contributed by atoms with E-state index in [0.29, 0.717) is 16.5 Å². The molecule has 1 aromatic carbocycles. The summed E-state index contributed by atoms with van der Waals surface area (Å²) in [5.74, 6) is 3.92. The van der Waals surface area contributed by atoms with Crippen LogP contribution in [0.25, 0.3) is 0 Å². The van der Waals surface area contributed by atoms with Crippen LogP contribution in [-0.2, 0) is 6.54 Å². The molecule has 0 aliphatic carbocycles. The number of fused-ring (bicyclic) bond motifs is 1. The quantitative estimate of drug-likeness (QED) is 0.643. The molecule has 0 aromatic heterocycles. The Kier molecular flexibility index (Phi) is 3.55. The van der Waals surface area contributed by atoms with E-state index in [0.717, 1.165) is 25.1 Å². The van der Waals surface area contributed by atoms with Crippen LogP contribution in [0.3, 0.4) is 0 Å². The molecule has 1 aliphatic rings. The minimum absolute atomic E-state index is 0.239. The Morgan fingerprint density at radius 1 is 1.44 bits per heavy atom. The van der Waals surface area contributed by atoms with Gasteiger partial charge in [-0.1, -0.05) is 11.6 Å². The van der Waals surface area contributed by atoms with Gasteiger partial charge in [-0.25, -0.2) is 0 Å². The van der Waals surface area contributed by atoms with Crippen LogP contribution in [0.5, 0.6) is 11.5 Å². The zero-order valence-electron chi connectivity index (χ0n) is 8.75. The second-order valence-electron chi connectivity index (χ2n) is 3.44. The zero-order valence-corrected chi connectivity index (χ0v) is 9.51. The molecule has 0 saturated carbocycles. The van der Waals surface area contributed by atoms with Gasteiger partial charge in [-0.05, 0) is 17.7 Å². The van der Waals surface area contributed by atoms with Gasteiger partial charge in [-0.3, -0.25) is 0 Å². The molecule has 0 amide bonds. The highest BCUT2D eigenvalue weighted by Crippen LogP contribution is 2.39. The molecule has 84 valence electrons. The first-order chi connectivity index (χ1) is 7.81. The predicted octanol–water partition coefficient (Wildman–Crippen LogP) is 2.18. The fraction of sp³-hybridized carbons (Fsp3) is 0.333. The van der Waals surface area contributed by atoms with Crippen molar-refractivity contribution in [3.8, 4) is 23.8 Å². The first kappa shape index (κ1) is 11.1. The number of halogens is 1. The summed E-state index contributed by atoms with van der Waals surface area (Å²) in [5, 5.41) is 3.81. The van der Waals surface area contributed by atoms with E-state index in [1.165, 1.54) is 0 Å². The molecule has 16 heavy (non-hydrogen) atoms. The zero-order chi connectivity index (χ0) is 11.4. The monoisotopic (exact) mass is 237 g/mol. The van der Waals surface area contributed by atoms with Crippen LogP contribution < -0.4 is 14.8 Å². The minimum atomic E-state index is 0.239. The van der Waals surface area contributed by atoms with Gasteiger partial charge in [0.1, 0.15) is 0 Å². The van der Waals surface area contributed by atoms with E-state index in [9.17, 15) is 0 Å². The normalized spacial score (nSPS) is 12.5. The number of ether oxygens (including phenoxy) is 2. The van der Waals surface area contributed by atoms with Gasteiger partial charge in [-0.15, -0.1) is 12.3 Å². The van der Waals surface area contributed by atoms with Crippen LogP contribution in [0.2, 0.25) is 5.02 Å². The van der Waals surface area contributed by atoms with E-state index < -0.39 is 0 Å². The summed E-state index contributed by atoms with van der Waals surface area (Å²) >= 11 is 6.05. The summed E-state index contributed by atoms with van der Waals surface area (Å²) in [4.78, 5) is 0. The molecule has 1 aromatic rings. The van der Waals surface area contributed by atoms with Crippen LogP contribution in [0, 0.1) is 12.3 Å². The summed E-state index contributed by atoms with van der Waals surface area (Å²) in [6.45, 7) is 1.75. The number of rotatable bonds is 4. The van der Waals surface area contributed by atoms with Crippen LogP contribution in [-0.4, -0.2) is 13.3 Å². The minimum Gasteiger partial charge on any atom is -0.454 e. The summed E-state index contributed by atoms with van der Waals surface area (Å²) in [6.07, 6.45) is 5.88. The standard InChI is InChI=1S/C12H12ClNO2/c1-2-3-4-14-7-9-5-10(13)12-11(6-9)15-8-16-12/h1,5-6,14H,3-4,7-8H2. The molecule has 1 aliphatic heterocycles. The molecule has 0 bridgehead atoms. The summed E-state index contributed by atoms with van der Waals surface area (Å²) in [6, 6.07) is 3.80. The van der Waals surface area contributed by atoms with Crippen LogP contribution in [0.15, 0.2) is 12.1 Å². The lowest BCUT2D eigenvalue weighted by Gasteiger charge is -2.05. The van der Waals surface area contributed by atoms with Crippen molar-refractivity contribution in [3.63, 3.8) is 0 Å². The SMILES string of the molecule is C#CCCNCc1cc(Cl)c2c(c1)OCO2. The highest BCUT2D eigenvalue weighted by molar-refractivity contribution is 6.32. The Hall–Kier alpha value is -1.37. The first-order valence-corrected chi connectivity index (χ1v) is 5.41. The van der Waals surface area contributed by atoms with Crippen LogP contribution >= 0.6 is 11.6 Å². The predicted molar refractivity (Wildman–Crippen MR) is 62.7 cm³/mol. The molecular formula is C12H12ClNO2. The van der Waals surface area contributed by atoms with Gasteiger partial charge < -0.3 is 14.8 Å². The third-order valence-electron chi connectivity index (χ3n) is 2.26. The fourth-order valence-electron chi connectivity index (χ4n) is 1.52. The number of benzene rings is 1. The van der Waals surface area contributed by atoms with Crippen molar-refractivity contribution in [1.82, 2.24) is 5.32 Å². The second kappa shape index (κ2) is 5.11. The lowest BCUT2D eigenvalue weighted by Crippen LogP contribution is -2.14. The molecule has 0 atom stereocenters. The molecule has 1 heterocycles. The van der Waals surface area contributed by atoms with Gasteiger partial charge in [0.2, 0.25) is 6.79 Å². The van der Waals surface area contributed by atoms with E-state index in [-0.39, 0.29) is 6.79 Å². The van der Waals surface area contributed by atoms with Gasteiger partial charge in [-0.2, -0.15) is 0 Å². The largest absolute Gasteiger partial charge is 0.454 e. The molecule has 0 fully saturated rings. The van der Waals surface area contributed by atoms with Crippen molar-refractivity contribution in [3.05, 3.63) is 22.7 Å². The van der Waals surface area contributed by atoms with Crippen LogP contribution in [0.4, 0.5) is 0 Å². The lowest BCUT2D eigenvalue weighted by molar-refractivity contribution is 0.174.